The van der Waals surface area contributed by atoms with Gasteiger partial charge in [-0.2, -0.15) is 5.10 Å². The minimum Gasteiger partial charge on any atom is -0.324 e. The van der Waals surface area contributed by atoms with Crippen molar-refractivity contribution in [3.8, 4) is 10.7 Å². The molecule has 0 spiro atoms. The summed E-state index contributed by atoms with van der Waals surface area (Å²) < 4.78 is 1.70. The lowest BCUT2D eigenvalue weighted by molar-refractivity contribution is -0.115. The molecule has 4 rings (SSSR count). The molecule has 25 heavy (non-hydrogen) atoms. The van der Waals surface area contributed by atoms with Crippen molar-refractivity contribution in [2.24, 2.45) is 7.05 Å². The number of amides is 1. The van der Waals surface area contributed by atoms with E-state index in [1.54, 1.807) is 4.68 Å². The van der Waals surface area contributed by atoms with Gasteiger partial charge in [0.2, 0.25) is 5.91 Å². The number of hydrogen-bond acceptors (Lipinski definition) is 4. The molecular weight excluding hydrogens is 332 g/mol. The first-order valence-corrected chi connectivity index (χ1v) is 8.78. The monoisotopic (exact) mass is 348 g/mol. The van der Waals surface area contributed by atoms with Crippen LogP contribution in [0.5, 0.6) is 0 Å². The zero-order chi connectivity index (χ0) is 17.2. The molecular formula is C19H16N4OS. The molecule has 0 fully saturated rings. The number of carbonyl (C=O) groups is 1. The van der Waals surface area contributed by atoms with Crippen molar-refractivity contribution in [1.29, 1.82) is 0 Å². The Morgan fingerprint density at radius 3 is 2.84 bits per heavy atom. The molecule has 1 N–H and O–H groups in total. The lowest BCUT2D eigenvalue weighted by Crippen LogP contribution is -2.14. The van der Waals surface area contributed by atoms with Crippen LogP contribution < -0.4 is 5.32 Å². The number of rotatable bonds is 4. The van der Waals surface area contributed by atoms with Crippen LogP contribution in [0.2, 0.25) is 0 Å². The predicted molar refractivity (Wildman–Crippen MR) is 101 cm³/mol. The summed E-state index contributed by atoms with van der Waals surface area (Å²) in [6, 6.07) is 16.0. The van der Waals surface area contributed by atoms with E-state index in [-0.39, 0.29) is 5.91 Å². The summed E-state index contributed by atoms with van der Waals surface area (Å²) in [5.41, 5.74) is 1.79. The van der Waals surface area contributed by atoms with Gasteiger partial charge in [0.1, 0.15) is 6.33 Å². The Bertz CT molecular complexity index is 1040. The van der Waals surface area contributed by atoms with E-state index in [1.165, 1.54) is 17.7 Å². The van der Waals surface area contributed by atoms with E-state index in [4.69, 9.17) is 0 Å². The Morgan fingerprint density at radius 2 is 2.00 bits per heavy atom. The van der Waals surface area contributed by atoms with Gasteiger partial charge in [0, 0.05) is 7.05 Å². The van der Waals surface area contributed by atoms with Crippen molar-refractivity contribution >= 4 is 33.7 Å². The number of aromatic nitrogens is 3. The molecule has 0 aliphatic heterocycles. The van der Waals surface area contributed by atoms with Gasteiger partial charge in [0.05, 0.1) is 17.0 Å². The quantitative estimate of drug-likeness (QED) is 0.609. The summed E-state index contributed by atoms with van der Waals surface area (Å²) in [6.45, 7) is 0. The van der Waals surface area contributed by atoms with Crippen molar-refractivity contribution in [2.45, 2.75) is 6.42 Å². The molecule has 2 aromatic heterocycles. The van der Waals surface area contributed by atoms with Gasteiger partial charge in [-0.25, -0.2) is 9.67 Å². The highest BCUT2D eigenvalue weighted by molar-refractivity contribution is 7.14. The number of fused-ring (bicyclic) bond motifs is 1. The van der Waals surface area contributed by atoms with Crippen LogP contribution >= 0.6 is 11.3 Å². The number of anilines is 1. The van der Waals surface area contributed by atoms with Crippen LogP contribution in [0.15, 0.2) is 60.2 Å². The van der Waals surface area contributed by atoms with Crippen LogP contribution in [-0.4, -0.2) is 20.7 Å². The number of hydrogen-bond donors (Lipinski definition) is 1. The maximum atomic E-state index is 12.6. The zero-order valence-corrected chi connectivity index (χ0v) is 14.5. The summed E-state index contributed by atoms with van der Waals surface area (Å²) in [6.07, 6.45) is 1.84. The number of carbonyl (C=O) groups excluding carboxylic acids is 1. The molecule has 5 nitrogen and oxygen atoms in total. The summed E-state index contributed by atoms with van der Waals surface area (Å²) in [7, 11) is 1.84. The maximum Gasteiger partial charge on any atom is 0.228 e. The second-order valence-corrected chi connectivity index (χ2v) is 6.65. The van der Waals surface area contributed by atoms with E-state index in [9.17, 15) is 4.79 Å². The highest BCUT2D eigenvalue weighted by atomic mass is 32.1. The largest absolute Gasteiger partial charge is 0.324 e. The molecule has 124 valence electrons. The summed E-state index contributed by atoms with van der Waals surface area (Å²) in [5, 5.41) is 11.3. The lowest BCUT2D eigenvalue weighted by atomic mass is 10.0. The fraction of sp³-hybridized carbons (Fsp3) is 0.105. The Kier molecular flexibility index (Phi) is 4.03. The molecule has 4 aromatic rings. The molecule has 0 atom stereocenters. The first-order chi connectivity index (χ1) is 12.2. The number of nitrogens with zero attached hydrogens (tertiary/aromatic N) is 3. The molecule has 1 amide bonds. The summed E-state index contributed by atoms with van der Waals surface area (Å²) >= 11 is 1.53. The van der Waals surface area contributed by atoms with E-state index in [1.807, 2.05) is 48.8 Å². The van der Waals surface area contributed by atoms with Gasteiger partial charge in [0.15, 0.2) is 5.82 Å². The van der Waals surface area contributed by atoms with E-state index >= 15 is 0 Å². The molecule has 0 saturated heterocycles. The molecule has 0 radical (unpaired) electrons. The van der Waals surface area contributed by atoms with Gasteiger partial charge in [0.25, 0.3) is 0 Å². The predicted octanol–water partition coefficient (Wildman–Crippen LogP) is 3.88. The van der Waals surface area contributed by atoms with Crippen LogP contribution in [0.3, 0.4) is 0 Å². The number of benzene rings is 2. The van der Waals surface area contributed by atoms with Gasteiger partial charge in [-0.15, -0.1) is 11.3 Å². The van der Waals surface area contributed by atoms with Crippen molar-refractivity contribution in [2.75, 3.05) is 5.32 Å². The average Bonchev–Trinajstić information content (AvgIpc) is 3.23. The SMILES string of the molecule is Cn1ncnc1-c1sccc1NC(=O)Cc1cccc2ccccc12. The third-order valence-electron chi connectivity index (χ3n) is 4.08. The zero-order valence-electron chi connectivity index (χ0n) is 13.6. The number of nitrogens with one attached hydrogen (secondary N) is 1. The van der Waals surface area contributed by atoms with Crippen molar-refractivity contribution in [1.82, 2.24) is 14.8 Å². The maximum absolute atomic E-state index is 12.6. The van der Waals surface area contributed by atoms with E-state index in [0.717, 1.165) is 32.7 Å². The van der Waals surface area contributed by atoms with Crippen LogP contribution in [0.25, 0.3) is 21.5 Å². The van der Waals surface area contributed by atoms with Crippen molar-refractivity contribution < 1.29 is 4.79 Å². The van der Waals surface area contributed by atoms with Gasteiger partial charge in [-0.1, -0.05) is 42.5 Å². The first-order valence-electron chi connectivity index (χ1n) is 7.91. The van der Waals surface area contributed by atoms with Crippen LogP contribution in [0.1, 0.15) is 5.56 Å². The summed E-state index contributed by atoms with van der Waals surface area (Å²) in [4.78, 5) is 17.8. The van der Waals surface area contributed by atoms with Crippen molar-refractivity contribution in [3.63, 3.8) is 0 Å². The first kappa shape index (κ1) is 15.5. The smallest absolute Gasteiger partial charge is 0.228 e. The lowest BCUT2D eigenvalue weighted by Gasteiger charge is -2.08. The molecule has 2 aromatic carbocycles. The van der Waals surface area contributed by atoms with E-state index in [2.05, 4.69) is 27.5 Å². The Hall–Kier alpha value is -2.99. The number of aryl methyl sites for hydroxylation is 1. The highest BCUT2D eigenvalue weighted by Crippen LogP contribution is 2.32. The molecule has 0 unspecified atom stereocenters. The van der Waals surface area contributed by atoms with Gasteiger partial charge >= 0.3 is 0 Å². The van der Waals surface area contributed by atoms with Crippen LogP contribution in [0.4, 0.5) is 5.69 Å². The van der Waals surface area contributed by atoms with Crippen LogP contribution in [0, 0.1) is 0 Å². The molecule has 2 heterocycles. The molecule has 0 aliphatic rings. The third-order valence-corrected chi connectivity index (χ3v) is 5.00. The standard InChI is InChI=1S/C19H16N4OS/c1-23-19(20-12-21-23)18-16(9-10-25-18)22-17(24)11-14-7-4-6-13-5-2-3-8-15(13)14/h2-10,12H,11H2,1H3,(H,22,24). The Morgan fingerprint density at radius 1 is 1.16 bits per heavy atom. The Balaban J connectivity index is 1.58. The second-order valence-electron chi connectivity index (χ2n) is 5.73. The number of thiophene rings is 1. The molecule has 6 heteroatoms. The third kappa shape index (κ3) is 3.04. The van der Waals surface area contributed by atoms with E-state index < -0.39 is 0 Å². The Labute approximate surface area is 149 Å². The highest BCUT2D eigenvalue weighted by Gasteiger charge is 2.15. The van der Waals surface area contributed by atoms with Gasteiger partial charge in [-0.05, 0) is 27.8 Å². The normalized spacial score (nSPS) is 10.9. The minimum atomic E-state index is -0.0434. The molecule has 0 saturated carbocycles. The van der Waals surface area contributed by atoms with Crippen LogP contribution in [-0.2, 0) is 18.3 Å². The fourth-order valence-corrected chi connectivity index (χ4v) is 3.77. The van der Waals surface area contributed by atoms with Gasteiger partial charge in [-0.3, -0.25) is 4.79 Å². The molecule has 0 bridgehead atoms. The average molecular weight is 348 g/mol. The fourth-order valence-electron chi connectivity index (χ4n) is 2.90. The second kappa shape index (κ2) is 6.49. The van der Waals surface area contributed by atoms with Gasteiger partial charge < -0.3 is 5.32 Å². The minimum absolute atomic E-state index is 0.0434. The molecule has 0 aliphatic carbocycles. The summed E-state index contributed by atoms with van der Waals surface area (Å²) in [5.74, 6) is 0.702. The van der Waals surface area contributed by atoms with E-state index in [0.29, 0.717) is 6.42 Å². The van der Waals surface area contributed by atoms with Crippen molar-refractivity contribution in [3.05, 3.63) is 65.8 Å². The topological polar surface area (TPSA) is 59.8 Å².